The Morgan fingerprint density at radius 2 is 1.80 bits per heavy atom. The van der Waals surface area contributed by atoms with Gasteiger partial charge in [-0.15, -0.1) is 0 Å². The van der Waals surface area contributed by atoms with Crippen LogP contribution in [0.5, 0.6) is 5.75 Å². The van der Waals surface area contributed by atoms with E-state index in [0.717, 1.165) is 29.7 Å². The van der Waals surface area contributed by atoms with Crippen molar-refractivity contribution < 1.29 is 24.0 Å². The minimum absolute atomic E-state index is 0.0271. The maximum absolute atomic E-state index is 12.2. The second kappa shape index (κ2) is 6.05. The van der Waals surface area contributed by atoms with E-state index in [2.05, 4.69) is 0 Å². The number of benzene rings is 2. The summed E-state index contributed by atoms with van der Waals surface area (Å²) in [7, 11) is 0. The van der Waals surface area contributed by atoms with E-state index in [1.54, 1.807) is 18.2 Å². The summed E-state index contributed by atoms with van der Waals surface area (Å²) in [5.74, 6) is -1.06. The van der Waals surface area contributed by atoms with Gasteiger partial charge in [-0.25, -0.2) is 4.79 Å². The van der Waals surface area contributed by atoms with Crippen molar-refractivity contribution in [3.8, 4) is 5.75 Å². The second-order valence-corrected chi connectivity index (χ2v) is 5.98. The van der Waals surface area contributed by atoms with E-state index in [1.807, 2.05) is 12.1 Å². The van der Waals surface area contributed by atoms with Crippen LogP contribution in [0.4, 0.5) is 0 Å². The second-order valence-electron chi connectivity index (χ2n) is 5.98. The third-order valence-corrected chi connectivity index (χ3v) is 4.27. The Hall–Kier alpha value is -3.15. The standard InChI is InChI=1S/C19H15NO5/c21-17(11-12-7-8-16-13(10-12)4-3-9-24-16)25-20-18(22)14-5-1-2-6-15(14)19(20)23/h1-2,5-8,10H,3-4,9,11H2. The number of ether oxygens (including phenoxy) is 1. The van der Waals surface area contributed by atoms with Crippen molar-refractivity contribution >= 4 is 17.8 Å². The van der Waals surface area contributed by atoms with Gasteiger partial charge in [-0.3, -0.25) is 9.59 Å². The molecule has 25 heavy (non-hydrogen) atoms. The van der Waals surface area contributed by atoms with Crippen molar-refractivity contribution in [2.24, 2.45) is 0 Å². The molecule has 0 saturated heterocycles. The van der Waals surface area contributed by atoms with Gasteiger partial charge in [-0.2, -0.15) is 0 Å². The predicted molar refractivity (Wildman–Crippen MR) is 87.0 cm³/mol. The lowest BCUT2D eigenvalue weighted by molar-refractivity contribution is -0.167. The summed E-state index contributed by atoms with van der Waals surface area (Å²) in [6, 6.07) is 11.9. The summed E-state index contributed by atoms with van der Waals surface area (Å²) >= 11 is 0. The highest BCUT2D eigenvalue weighted by Crippen LogP contribution is 2.26. The van der Waals surface area contributed by atoms with Crippen LogP contribution < -0.4 is 4.74 Å². The molecule has 0 aromatic heterocycles. The number of hydroxylamine groups is 2. The van der Waals surface area contributed by atoms with Crippen LogP contribution >= 0.6 is 0 Å². The van der Waals surface area contributed by atoms with Crippen molar-refractivity contribution in [2.45, 2.75) is 19.3 Å². The van der Waals surface area contributed by atoms with Crippen LogP contribution in [-0.4, -0.2) is 29.5 Å². The average molecular weight is 337 g/mol. The monoisotopic (exact) mass is 337 g/mol. The van der Waals surface area contributed by atoms with Crippen molar-refractivity contribution in [1.82, 2.24) is 5.06 Å². The van der Waals surface area contributed by atoms with Crippen molar-refractivity contribution in [3.63, 3.8) is 0 Å². The van der Waals surface area contributed by atoms with Gasteiger partial charge in [0, 0.05) is 0 Å². The van der Waals surface area contributed by atoms with E-state index >= 15 is 0 Å². The Labute approximate surface area is 143 Å². The topological polar surface area (TPSA) is 72.9 Å². The zero-order valence-electron chi connectivity index (χ0n) is 13.4. The number of aryl methyl sites for hydroxylation is 1. The van der Waals surface area contributed by atoms with Crippen LogP contribution in [0.3, 0.4) is 0 Å². The number of amides is 2. The summed E-state index contributed by atoms with van der Waals surface area (Å²) in [6.07, 6.45) is 1.81. The number of imide groups is 1. The number of fused-ring (bicyclic) bond motifs is 2. The summed E-state index contributed by atoms with van der Waals surface area (Å²) in [6.45, 7) is 0.703. The molecule has 126 valence electrons. The molecular formula is C19H15NO5. The predicted octanol–water partition coefficient (Wildman–Crippen LogP) is 2.31. The molecular weight excluding hydrogens is 322 g/mol. The minimum Gasteiger partial charge on any atom is -0.493 e. The molecule has 6 nitrogen and oxygen atoms in total. The molecule has 6 heteroatoms. The van der Waals surface area contributed by atoms with Crippen LogP contribution in [0.25, 0.3) is 0 Å². The molecule has 2 aromatic carbocycles. The zero-order chi connectivity index (χ0) is 17.4. The van der Waals surface area contributed by atoms with E-state index in [1.165, 1.54) is 12.1 Å². The van der Waals surface area contributed by atoms with Gasteiger partial charge in [0.15, 0.2) is 0 Å². The maximum atomic E-state index is 12.2. The lowest BCUT2D eigenvalue weighted by atomic mass is 10.0. The summed E-state index contributed by atoms with van der Waals surface area (Å²) in [5.41, 5.74) is 2.29. The highest BCUT2D eigenvalue weighted by Gasteiger charge is 2.38. The molecule has 0 bridgehead atoms. The molecule has 0 radical (unpaired) electrons. The van der Waals surface area contributed by atoms with Gasteiger partial charge < -0.3 is 9.57 Å². The van der Waals surface area contributed by atoms with Crippen LogP contribution in [0.15, 0.2) is 42.5 Å². The number of nitrogens with zero attached hydrogens (tertiary/aromatic N) is 1. The van der Waals surface area contributed by atoms with Gasteiger partial charge in [-0.05, 0) is 42.2 Å². The molecule has 2 amide bonds. The number of hydrogen-bond acceptors (Lipinski definition) is 5. The fourth-order valence-electron chi connectivity index (χ4n) is 3.07. The first-order chi connectivity index (χ1) is 12.1. The third-order valence-electron chi connectivity index (χ3n) is 4.27. The summed E-state index contributed by atoms with van der Waals surface area (Å²) in [5, 5.41) is 0.536. The first kappa shape index (κ1) is 15.4. The third kappa shape index (κ3) is 2.76. The lowest BCUT2D eigenvalue weighted by Crippen LogP contribution is -2.33. The first-order valence-electron chi connectivity index (χ1n) is 8.07. The number of hydrogen-bond donors (Lipinski definition) is 0. The SMILES string of the molecule is O=C(Cc1ccc2c(c1)CCCO2)ON1C(=O)c2ccccc2C1=O. The van der Waals surface area contributed by atoms with Gasteiger partial charge in [0.25, 0.3) is 11.8 Å². The minimum atomic E-state index is -0.661. The average Bonchev–Trinajstić information content (AvgIpc) is 2.87. The molecule has 4 rings (SSSR count). The molecule has 0 unspecified atom stereocenters. The number of rotatable bonds is 3. The Balaban J connectivity index is 1.46. The number of carbonyl (C=O) groups excluding carboxylic acids is 3. The Morgan fingerprint density at radius 1 is 1.08 bits per heavy atom. The molecule has 0 saturated carbocycles. The molecule has 0 atom stereocenters. The molecule has 2 aromatic rings. The molecule has 0 fully saturated rings. The van der Waals surface area contributed by atoms with Gasteiger partial charge in [0.2, 0.25) is 0 Å². The highest BCUT2D eigenvalue weighted by molar-refractivity contribution is 6.20. The molecule has 2 aliphatic heterocycles. The molecule has 0 aliphatic carbocycles. The van der Waals surface area contributed by atoms with Crippen LogP contribution in [-0.2, 0) is 22.5 Å². The highest BCUT2D eigenvalue weighted by atomic mass is 16.7. The van der Waals surface area contributed by atoms with Crippen molar-refractivity contribution in [2.75, 3.05) is 6.61 Å². The van der Waals surface area contributed by atoms with E-state index in [-0.39, 0.29) is 17.5 Å². The van der Waals surface area contributed by atoms with E-state index < -0.39 is 17.8 Å². The fraction of sp³-hybridized carbons (Fsp3) is 0.211. The van der Waals surface area contributed by atoms with Crippen molar-refractivity contribution in [3.05, 3.63) is 64.7 Å². The molecule has 0 spiro atoms. The maximum Gasteiger partial charge on any atom is 0.337 e. The number of carbonyl (C=O) groups is 3. The van der Waals surface area contributed by atoms with Gasteiger partial charge >= 0.3 is 5.97 Å². The molecule has 2 heterocycles. The largest absolute Gasteiger partial charge is 0.493 e. The summed E-state index contributed by atoms with van der Waals surface area (Å²) in [4.78, 5) is 41.6. The summed E-state index contributed by atoms with van der Waals surface area (Å²) < 4.78 is 5.54. The van der Waals surface area contributed by atoms with Crippen LogP contribution in [0.1, 0.15) is 38.3 Å². The normalized spacial score (nSPS) is 15.4. The lowest BCUT2D eigenvalue weighted by Gasteiger charge is -2.18. The molecule has 0 N–H and O–H groups in total. The van der Waals surface area contributed by atoms with E-state index in [4.69, 9.17) is 9.57 Å². The quantitative estimate of drug-likeness (QED) is 0.804. The fourth-order valence-corrected chi connectivity index (χ4v) is 3.07. The Morgan fingerprint density at radius 3 is 2.52 bits per heavy atom. The van der Waals surface area contributed by atoms with Gasteiger partial charge in [-0.1, -0.05) is 29.3 Å². The van der Waals surface area contributed by atoms with E-state index in [9.17, 15) is 14.4 Å². The Kier molecular flexibility index (Phi) is 3.72. The van der Waals surface area contributed by atoms with Crippen LogP contribution in [0, 0.1) is 0 Å². The van der Waals surface area contributed by atoms with Crippen LogP contribution in [0.2, 0.25) is 0 Å². The molecule has 2 aliphatic rings. The smallest absolute Gasteiger partial charge is 0.337 e. The first-order valence-corrected chi connectivity index (χ1v) is 8.07. The van der Waals surface area contributed by atoms with Gasteiger partial charge in [0.1, 0.15) is 5.75 Å². The zero-order valence-corrected chi connectivity index (χ0v) is 13.4. The van der Waals surface area contributed by atoms with Crippen molar-refractivity contribution in [1.29, 1.82) is 0 Å². The van der Waals surface area contributed by atoms with Gasteiger partial charge in [0.05, 0.1) is 24.2 Å². The Bertz CT molecular complexity index is 854. The van der Waals surface area contributed by atoms with E-state index in [0.29, 0.717) is 11.7 Å².